The molecule has 3 aromatic rings. The van der Waals surface area contributed by atoms with Crippen LogP contribution in [0.25, 0.3) is 0 Å². The van der Waals surface area contributed by atoms with E-state index in [1.54, 1.807) is 0 Å². The SMILES string of the molecule is Cc1nc(C)c(Cc2ccccc2)c(Nc2oc(C)c(C)c2C#N)n1. The van der Waals surface area contributed by atoms with Crippen LogP contribution >= 0.6 is 0 Å². The third kappa shape index (κ3) is 3.38. The molecular weight excluding hydrogens is 312 g/mol. The third-order valence-corrected chi connectivity index (χ3v) is 4.28. The normalized spacial score (nSPS) is 10.5. The van der Waals surface area contributed by atoms with Gasteiger partial charge in [-0.1, -0.05) is 30.3 Å². The van der Waals surface area contributed by atoms with Crippen molar-refractivity contribution in [3.8, 4) is 6.07 Å². The monoisotopic (exact) mass is 332 g/mol. The molecule has 25 heavy (non-hydrogen) atoms. The molecule has 0 saturated carbocycles. The molecule has 0 radical (unpaired) electrons. The highest BCUT2D eigenvalue weighted by atomic mass is 16.4. The van der Waals surface area contributed by atoms with Crippen LogP contribution in [0, 0.1) is 39.0 Å². The zero-order valence-electron chi connectivity index (χ0n) is 14.8. The Labute approximate surface area is 147 Å². The molecular formula is C20H20N4O. The van der Waals surface area contributed by atoms with E-state index in [1.165, 1.54) is 5.56 Å². The van der Waals surface area contributed by atoms with Gasteiger partial charge in [-0.25, -0.2) is 9.97 Å². The second kappa shape index (κ2) is 6.78. The number of benzene rings is 1. The summed E-state index contributed by atoms with van der Waals surface area (Å²) >= 11 is 0. The van der Waals surface area contributed by atoms with Gasteiger partial charge in [-0.3, -0.25) is 0 Å². The zero-order chi connectivity index (χ0) is 18.0. The molecule has 0 unspecified atom stereocenters. The topological polar surface area (TPSA) is 74.7 Å². The summed E-state index contributed by atoms with van der Waals surface area (Å²) in [5.74, 6) is 2.52. The van der Waals surface area contributed by atoms with E-state index in [2.05, 4.69) is 33.5 Å². The van der Waals surface area contributed by atoms with E-state index in [-0.39, 0.29) is 0 Å². The fourth-order valence-electron chi connectivity index (χ4n) is 2.81. The molecule has 0 aliphatic heterocycles. The van der Waals surface area contributed by atoms with Gasteiger partial charge in [0.25, 0.3) is 0 Å². The third-order valence-electron chi connectivity index (χ3n) is 4.28. The lowest BCUT2D eigenvalue weighted by atomic mass is 10.0. The number of anilines is 2. The molecule has 1 aromatic carbocycles. The first-order chi connectivity index (χ1) is 12.0. The molecule has 0 aliphatic carbocycles. The molecule has 0 atom stereocenters. The van der Waals surface area contributed by atoms with Crippen LogP contribution in [0.15, 0.2) is 34.7 Å². The Hall–Kier alpha value is -3.13. The predicted octanol–water partition coefficient (Wildman–Crippen LogP) is 4.51. The number of furan rings is 1. The summed E-state index contributed by atoms with van der Waals surface area (Å²) in [4.78, 5) is 9.04. The van der Waals surface area contributed by atoms with Crippen LogP contribution in [0.1, 0.15) is 39.5 Å². The molecule has 3 rings (SSSR count). The summed E-state index contributed by atoms with van der Waals surface area (Å²) in [5, 5.41) is 12.6. The molecule has 0 amide bonds. The second-order valence-electron chi connectivity index (χ2n) is 6.07. The van der Waals surface area contributed by atoms with Crippen molar-refractivity contribution < 1.29 is 4.42 Å². The minimum atomic E-state index is 0.435. The molecule has 5 nitrogen and oxygen atoms in total. The molecule has 5 heteroatoms. The Bertz CT molecular complexity index is 952. The number of hydrogen-bond acceptors (Lipinski definition) is 5. The van der Waals surface area contributed by atoms with Gasteiger partial charge in [-0.05, 0) is 33.3 Å². The van der Waals surface area contributed by atoms with Crippen LogP contribution in [0.2, 0.25) is 0 Å². The first-order valence-corrected chi connectivity index (χ1v) is 8.14. The number of nitrogens with zero attached hydrogens (tertiary/aromatic N) is 3. The summed E-state index contributed by atoms with van der Waals surface area (Å²) in [5.41, 5.74) is 4.44. The number of hydrogen-bond donors (Lipinski definition) is 1. The Balaban J connectivity index is 2.04. The van der Waals surface area contributed by atoms with Crippen LogP contribution in [-0.4, -0.2) is 9.97 Å². The van der Waals surface area contributed by atoms with E-state index in [9.17, 15) is 5.26 Å². The summed E-state index contributed by atoms with van der Waals surface area (Å²) in [6, 6.07) is 12.4. The number of aromatic nitrogens is 2. The molecule has 1 N–H and O–H groups in total. The van der Waals surface area contributed by atoms with Gasteiger partial charge in [0, 0.05) is 23.2 Å². The highest BCUT2D eigenvalue weighted by Crippen LogP contribution is 2.30. The first kappa shape index (κ1) is 16.7. The van der Waals surface area contributed by atoms with E-state index >= 15 is 0 Å². The summed E-state index contributed by atoms with van der Waals surface area (Å²) < 4.78 is 5.73. The fourth-order valence-corrected chi connectivity index (χ4v) is 2.81. The second-order valence-corrected chi connectivity index (χ2v) is 6.07. The largest absolute Gasteiger partial charge is 0.444 e. The lowest BCUT2D eigenvalue weighted by Gasteiger charge is -2.13. The van der Waals surface area contributed by atoms with Crippen LogP contribution < -0.4 is 5.32 Å². The van der Waals surface area contributed by atoms with Crippen molar-refractivity contribution in [3.05, 3.63) is 69.9 Å². The molecule has 2 aromatic heterocycles. The first-order valence-electron chi connectivity index (χ1n) is 8.14. The van der Waals surface area contributed by atoms with Crippen molar-refractivity contribution in [2.24, 2.45) is 0 Å². The van der Waals surface area contributed by atoms with Crippen LogP contribution in [0.3, 0.4) is 0 Å². The van der Waals surface area contributed by atoms with Gasteiger partial charge in [0.15, 0.2) is 0 Å². The minimum absolute atomic E-state index is 0.435. The fraction of sp³-hybridized carbons (Fsp3) is 0.250. The Morgan fingerprint density at radius 1 is 1.08 bits per heavy atom. The lowest BCUT2D eigenvalue weighted by Crippen LogP contribution is -2.07. The number of nitriles is 1. The van der Waals surface area contributed by atoms with Crippen molar-refractivity contribution in [2.75, 3.05) is 5.32 Å². The molecule has 0 fully saturated rings. The Morgan fingerprint density at radius 2 is 1.80 bits per heavy atom. The van der Waals surface area contributed by atoms with Gasteiger partial charge in [0.1, 0.15) is 29.0 Å². The van der Waals surface area contributed by atoms with Gasteiger partial charge >= 0.3 is 0 Å². The van der Waals surface area contributed by atoms with Gasteiger partial charge in [0.05, 0.1) is 0 Å². The van der Waals surface area contributed by atoms with E-state index < -0.39 is 0 Å². The highest BCUT2D eigenvalue weighted by Gasteiger charge is 2.18. The zero-order valence-corrected chi connectivity index (χ0v) is 14.8. The molecule has 0 spiro atoms. The number of rotatable bonds is 4. The van der Waals surface area contributed by atoms with E-state index in [0.29, 0.717) is 29.5 Å². The van der Waals surface area contributed by atoms with Crippen molar-refractivity contribution in [2.45, 2.75) is 34.1 Å². The van der Waals surface area contributed by atoms with Crippen molar-refractivity contribution in [3.63, 3.8) is 0 Å². The summed E-state index contributed by atoms with van der Waals surface area (Å²) in [7, 11) is 0. The van der Waals surface area contributed by atoms with Crippen molar-refractivity contribution in [1.29, 1.82) is 5.26 Å². The van der Waals surface area contributed by atoms with E-state index in [1.807, 2.05) is 45.9 Å². The summed E-state index contributed by atoms with van der Waals surface area (Å²) in [6.45, 7) is 7.56. The standard InChI is InChI=1S/C20H20N4O/c1-12-14(3)25-20(18(12)11-21)24-19-17(13(2)22-15(4)23-19)10-16-8-6-5-7-9-16/h5-9H,10H2,1-4H3,(H,22,23,24). The summed E-state index contributed by atoms with van der Waals surface area (Å²) in [6.07, 6.45) is 0.704. The van der Waals surface area contributed by atoms with Crippen molar-refractivity contribution in [1.82, 2.24) is 9.97 Å². The quantitative estimate of drug-likeness (QED) is 0.761. The highest BCUT2D eigenvalue weighted by molar-refractivity contribution is 5.65. The van der Waals surface area contributed by atoms with E-state index in [0.717, 1.165) is 22.6 Å². The van der Waals surface area contributed by atoms with Gasteiger partial charge < -0.3 is 9.73 Å². The lowest BCUT2D eigenvalue weighted by molar-refractivity contribution is 0.547. The Kier molecular flexibility index (Phi) is 4.53. The molecule has 126 valence electrons. The minimum Gasteiger partial charge on any atom is -0.444 e. The number of aryl methyl sites for hydroxylation is 3. The van der Waals surface area contributed by atoms with Crippen LogP contribution in [0.4, 0.5) is 11.7 Å². The van der Waals surface area contributed by atoms with Gasteiger partial charge in [-0.15, -0.1) is 0 Å². The average molecular weight is 332 g/mol. The van der Waals surface area contributed by atoms with Crippen molar-refractivity contribution >= 4 is 11.7 Å². The molecule has 0 bridgehead atoms. The molecule has 0 aliphatic rings. The van der Waals surface area contributed by atoms with Crippen LogP contribution in [-0.2, 0) is 6.42 Å². The van der Waals surface area contributed by atoms with Gasteiger partial charge in [-0.2, -0.15) is 5.26 Å². The number of nitrogens with one attached hydrogen (secondary N) is 1. The smallest absolute Gasteiger partial charge is 0.216 e. The van der Waals surface area contributed by atoms with E-state index in [4.69, 9.17) is 4.42 Å². The molecule has 0 saturated heterocycles. The van der Waals surface area contributed by atoms with Crippen LogP contribution in [0.5, 0.6) is 0 Å². The predicted molar refractivity (Wildman–Crippen MR) is 96.9 cm³/mol. The maximum Gasteiger partial charge on any atom is 0.216 e. The average Bonchev–Trinajstić information content (AvgIpc) is 2.85. The van der Waals surface area contributed by atoms with Gasteiger partial charge in [0.2, 0.25) is 5.88 Å². The Morgan fingerprint density at radius 3 is 2.48 bits per heavy atom. The maximum absolute atomic E-state index is 9.42. The maximum atomic E-state index is 9.42. The molecule has 2 heterocycles.